The molecule has 0 aliphatic heterocycles. The maximum Gasteiger partial charge on any atom is 0.255 e. The summed E-state index contributed by atoms with van der Waals surface area (Å²) in [6.07, 6.45) is 8.74. The van der Waals surface area contributed by atoms with E-state index in [2.05, 4.69) is 25.3 Å². The van der Waals surface area contributed by atoms with E-state index >= 15 is 0 Å². The van der Waals surface area contributed by atoms with Crippen molar-refractivity contribution in [3.8, 4) is 0 Å². The molecule has 0 bridgehead atoms. The van der Waals surface area contributed by atoms with Gasteiger partial charge in [0.1, 0.15) is 0 Å². The predicted octanol–water partition coefficient (Wildman–Crippen LogP) is 2.89. The van der Waals surface area contributed by atoms with Crippen molar-refractivity contribution in [1.29, 1.82) is 0 Å². The highest BCUT2D eigenvalue weighted by atomic mass is 16.1. The molecule has 26 heavy (non-hydrogen) atoms. The van der Waals surface area contributed by atoms with E-state index in [1.807, 2.05) is 43.5 Å². The van der Waals surface area contributed by atoms with Crippen LogP contribution in [-0.2, 0) is 12.8 Å². The molecule has 0 saturated carbocycles. The maximum absolute atomic E-state index is 12.2. The summed E-state index contributed by atoms with van der Waals surface area (Å²) in [4.78, 5) is 27.9. The normalized spacial score (nSPS) is 10.7. The van der Waals surface area contributed by atoms with Gasteiger partial charge in [0, 0.05) is 48.5 Å². The van der Waals surface area contributed by atoms with E-state index in [0.29, 0.717) is 17.9 Å². The lowest BCUT2D eigenvalue weighted by molar-refractivity contribution is 0.745. The molecule has 0 atom stereocenters. The van der Waals surface area contributed by atoms with E-state index in [-0.39, 0.29) is 5.56 Å². The van der Waals surface area contributed by atoms with Gasteiger partial charge in [-0.25, -0.2) is 4.98 Å². The molecule has 3 rings (SSSR count). The summed E-state index contributed by atoms with van der Waals surface area (Å²) in [5.74, 6) is 0.513. The minimum Gasteiger partial charge on any atom is -0.356 e. The third kappa shape index (κ3) is 5.24. The Kier molecular flexibility index (Phi) is 6.09. The number of hydrogen-bond donors (Lipinski definition) is 2. The molecule has 3 aromatic heterocycles. The van der Waals surface area contributed by atoms with Gasteiger partial charge in [-0.3, -0.25) is 19.7 Å². The Bertz CT molecular complexity index is 875. The highest BCUT2D eigenvalue weighted by Gasteiger charge is 2.04. The third-order valence-corrected chi connectivity index (χ3v) is 4.12. The van der Waals surface area contributed by atoms with Crippen molar-refractivity contribution in [2.24, 2.45) is 0 Å². The summed E-state index contributed by atoms with van der Waals surface area (Å²) in [6, 6.07) is 9.89. The van der Waals surface area contributed by atoms with Gasteiger partial charge in [-0.2, -0.15) is 0 Å². The maximum atomic E-state index is 12.2. The smallest absolute Gasteiger partial charge is 0.255 e. The average Bonchev–Trinajstić information content (AvgIpc) is 2.66. The van der Waals surface area contributed by atoms with E-state index in [9.17, 15) is 4.79 Å². The predicted molar refractivity (Wildman–Crippen MR) is 102 cm³/mol. The summed E-state index contributed by atoms with van der Waals surface area (Å²) >= 11 is 0. The fourth-order valence-electron chi connectivity index (χ4n) is 2.64. The fourth-order valence-corrected chi connectivity index (χ4v) is 2.64. The number of aromatic nitrogens is 4. The number of rotatable bonds is 8. The third-order valence-electron chi connectivity index (χ3n) is 4.12. The molecule has 0 saturated heterocycles. The molecule has 6 heteroatoms. The van der Waals surface area contributed by atoms with Gasteiger partial charge in [-0.05, 0) is 49.9 Å². The first-order valence-electron chi connectivity index (χ1n) is 8.84. The van der Waals surface area contributed by atoms with Crippen LogP contribution in [-0.4, -0.2) is 26.5 Å². The Labute approximate surface area is 152 Å². The number of pyridine rings is 2. The van der Waals surface area contributed by atoms with Crippen LogP contribution in [0.4, 0.5) is 5.95 Å². The number of nitrogens with one attached hydrogen (secondary N) is 2. The van der Waals surface area contributed by atoms with Gasteiger partial charge in [0.05, 0.1) is 0 Å². The highest BCUT2D eigenvalue weighted by molar-refractivity contribution is 5.27. The number of aryl methyl sites for hydroxylation is 2. The highest BCUT2D eigenvalue weighted by Crippen LogP contribution is 2.06. The number of aromatic amines is 1. The molecule has 0 amide bonds. The molecule has 3 heterocycles. The van der Waals surface area contributed by atoms with Crippen LogP contribution in [0.3, 0.4) is 0 Å². The molecule has 0 fully saturated rings. The van der Waals surface area contributed by atoms with E-state index in [0.717, 1.165) is 42.8 Å². The molecule has 6 nitrogen and oxygen atoms in total. The van der Waals surface area contributed by atoms with Crippen molar-refractivity contribution in [3.63, 3.8) is 0 Å². The van der Waals surface area contributed by atoms with Crippen molar-refractivity contribution in [2.45, 2.75) is 32.6 Å². The van der Waals surface area contributed by atoms with Crippen molar-refractivity contribution in [1.82, 2.24) is 19.9 Å². The zero-order valence-electron chi connectivity index (χ0n) is 14.9. The van der Waals surface area contributed by atoms with Crippen LogP contribution in [0.1, 0.15) is 35.4 Å². The molecule has 0 unspecified atom stereocenters. The Morgan fingerprint density at radius 2 is 1.96 bits per heavy atom. The number of hydrogen-bond acceptors (Lipinski definition) is 5. The van der Waals surface area contributed by atoms with E-state index < -0.39 is 0 Å². The molecule has 0 aromatic carbocycles. The van der Waals surface area contributed by atoms with Crippen LogP contribution in [0.2, 0.25) is 0 Å². The lowest BCUT2D eigenvalue weighted by Crippen LogP contribution is -2.17. The van der Waals surface area contributed by atoms with Crippen molar-refractivity contribution < 1.29 is 0 Å². The zero-order valence-corrected chi connectivity index (χ0v) is 14.9. The van der Waals surface area contributed by atoms with Gasteiger partial charge in [0.25, 0.3) is 5.56 Å². The van der Waals surface area contributed by atoms with Gasteiger partial charge >= 0.3 is 0 Å². The van der Waals surface area contributed by atoms with Crippen molar-refractivity contribution >= 4 is 5.95 Å². The summed E-state index contributed by atoms with van der Waals surface area (Å²) in [6.45, 7) is 2.70. The van der Waals surface area contributed by atoms with E-state index in [1.165, 1.54) is 0 Å². The summed E-state index contributed by atoms with van der Waals surface area (Å²) < 4.78 is 0. The SMILES string of the molecule is Cc1ccc(Cc2cnc(NCCCCc3ccccn3)[nH]c2=O)cn1. The summed E-state index contributed by atoms with van der Waals surface area (Å²) in [5, 5.41) is 3.17. The molecule has 134 valence electrons. The van der Waals surface area contributed by atoms with E-state index in [1.54, 1.807) is 12.4 Å². The second kappa shape index (κ2) is 8.89. The van der Waals surface area contributed by atoms with Gasteiger partial charge in [0.2, 0.25) is 5.95 Å². The molecule has 2 N–H and O–H groups in total. The summed E-state index contributed by atoms with van der Waals surface area (Å²) in [7, 11) is 0. The molecule has 3 aromatic rings. The Balaban J connectivity index is 1.46. The second-order valence-corrected chi connectivity index (χ2v) is 6.28. The van der Waals surface area contributed by atoms with Crippen LogP contribution < -0.4 is 10.9 Å². The summed E-state index contributed by atoms with van der Waals surface area (Å²) in [5.41, 5.74) is 3.59. The van der Waals surface area contributed by atoms with Crippen molar-refractivity contribution in [2.75, 3.05) is 11.9 Å². The first kappa shape index (κ1) is 17.8. The molecular weight excluding hydrogens is 326 g/mol. The molecular formula is C20H23N5O. The monoisotopic (exact) mass is 349 g/mol. The first-order valence-corrected chi connectivity index (χ1v) is 8.84. The van der Waals surface area contributed by atoms with Crippen LogP contribution in [0.25, 0.3) is 0 Å². The lowest BCUT2D eigenvalue weighted by atomic mass is 10.1. The molecule has 0 radical (unpaired) electrons. The van der Waals surface area contributed by atoms with Crippen LogP contribution >= 0.6 is 0 Å². The molecule has 0 spiro atoms. The van der Waals surface area contributed by atoms with Crippen LogP contribution in [0.5, 0.6) is 0 Å². The lowest BCUT2D eigenvalue weighted by Gasteiger charge is -2.06. The Hall–Kier alpha value is -3.02. The Morgan fingerprint density at radius 3 is 2.69 bits per heavy atom. The van der Waals surface area contributed by atoms with Gasteiger partial charge in [-0.1, -0.05) is 12.1 Å². The first-order chi connectivity index (χ1) is 12.7. The van der Waals surface area contributed by atoms with Crippen molar-refractivity contribution in [3.05, 3.63) is 81.8 Å². The molecule has 0 aliphatic carbocycles. The fraction of sp³-hybridized carbons (Fsp3) is 0.300. The van der Waals surface area contributed by atoms with Gasteiger partial charge in [-0.15, -0.1) is 0 Å². The number of anilines is 1. The van der Waals surface area contributed by atoms with E-state index in [4.69, 9.17) is 0 Å². The van der Waals surface area contributed by atoms with Gasteiger partial charge < -0.3 is 5.32 Å². The standard InChI is InChI=1S/C20H23N5O/c1-15-8-9-16(13-23-15)12-17-14-24-20(25-19(17)26)22-11-5-3-7-18-6-2-4-10-21-18/h2,4,6,8-10,13-14H,3,5,7,11-12H2,1H3,(H2,22,24,25,26). The number of nitrogens with zero attached hydrogens (tertiary/aromatic N) is 3. The topological polar surface area (TPSA) is 83.6 Å². The number of unbranched alkanes of at least 4 members (excludes halogenated alkanes) is 1. The zero-order chi connectivity index (χ0) is 18.2. The van der Waals surface area contributed by atoms with Crippen LogP contribution in [0, 0.1) is 6.92 Å². The van der Waals surface area contributed by atoms with Crippen LogP contribution in [0.15, 0.2) is 53.7 Å². The average molecular weight is 349 g/mol. The largest absolute Gasteiger partial charge is 0.356 e. The minimum atomic E-state index is -0.114. The van der Waals surface area contributed by atoms with Gasteiger partial charge in [0.15, 0.2) is 0 Å². The minimum absolute atomic E-state index is 0.114. The molecule has 0 aliphatic rings. The number of H-pyrrole nitrogens is 1. The second-order valence-electron chi connectivity index (χ2n) is 6.28. The quantitative estimate of drug-likeness (QED) is 0.611. The Morgan fingerprint density at radius 1 is 1.04 bits per heavy atom.